The first-order chi connectivity index (χ1) is 16.6. The average Bonchev–Trinajstić information content (AvgIpc) is 3.10. The van der Waals surface area contributed by atoms with Crippen LogP contribution in [0.1, 0.15) is 71.6 Å². The molecule has 0 aromatic rings. The van der Waals surface area contributed by atoms with E-state index < -0.39 is 74.1 Å². The molecule has 2 aliphatic heterocycles. The van der Waals surface area contributed by atoms with Crippen molar-refractivity contribution in [3.05, 3.63) is 0 Å². The minimum atomic E-state index is -2.28. The third-order valence-corrected chi connectivity index (χ3v) is 7.29. The molecule has 11 heteroatoms. The van der Waals surface area contributed by atoms with E-state index in [1.54, 1.807) is 0 Å². The van der Waals surface area contributed by atoms with Gasteiger partial charge in [0.2, 0.25) is 11.6 Å². The molecule has 0 bridgehead atoms. The molecule has 11 nitrogen and oxygen atoms in total. The second-order valence-corrected chi connectivity index (χ2v) is 9.98. The highest BCUT2D eigenvalue weighted by Gasteiger charge is 2.63. The normalized spacial score (nSPS) is 40.8. The van der Waals surface area contributed by atoms with Crippen molar-refractivity contribution in [1.82, 2.24) is 0 Å². The number of aliphatic hydroxyl groups is 8. The number of rotatable bonds is 15. The van der Waals surface area contributed by atoms with E-state index in [1.165, 1.54) is 0 Å². The summed E-state index contributed by atoms with van der Waals surface area (Å²) in [7, 11) is 0. The topological polar surface area (TPSA) is 190 Å². The van der Waals surface area contributed by atoms with E-state index in [0.717, 1.165) is 51.4 Å². The lowest BCUT2D eigenvalue weighted by Gasteiger charge is -2.52. The molecular weight excluding hydrogens is 464 g/mol. The molecule has 2 fully saturated rings. The van der Waals surface area contributed by atoms with E-state index in [0.29, 0.717) is 0 Å². The van der Waals surface area contributed by atoms with Gasteiger partial charge in [0.15, 0.2) is 0 Å². The minimum Gasteiger partial charge on any atom is -0.394 e. The Bertz CT molecular complexity index is 608. The van der Waals surface area contributed by atoms with Gasteiger partial charge in [0.25, 0.3) is 0 Å². The molecule has 0 spiro atoms. The van der Waals surface area contributed by atoms with Crippen LogP contribution < -0.4 is 0 Å². The van der Waals surface area contributed by atoms with Gasteiger partial charge in [-0.2, -0.15) is 0 Å². The summed E-state index contributed by atoms with van der Waals surface area (Å²) in [6.07, 6.45) is -3.79. The van der Waals surface area contributed by atoms with Crippen molar-refractivity contribution in [3.63, 3.8) is 0 Å². The van der Waals surface area contributed by atoms with Gasteiger partial charge in [-0.05, 0) is 5.92 Å². The molecule has 0 aliphatic carbocycles. The highest BCUT2D eigenvalue weighted by Crippen LogP contribution is 2.44. The van der Waals surface area contributed by atoms with Crippen molar-refractivity contribution < 1.29 is 55.1 Å². The zero-order valence-electron chi connectivity index (χ0n) is 20.9. The van der Waals surface area contributed by atoms with Crippen molar-refractivity contribution >= 4 is 0 Å². The largest absolute Gasteiger partial charge is 0.394 e. The van der Waals surface area contributed by atoms with E-state index in [4.69, 9.17) is 14.2 Å². The highest BCUT2D eigenvalue weighted by atomic mass is 16.8. The smallest absolute Gasteiger partial charge is 0.224 e. The van der Waals surface area contributed by atoms with Crippen LogP contribution in [0.4, 0.5) is 0 Å². The van der Waals surface area contributed by atoms with E-state index >= 15 is 0 Å². The predicted molar refractivity (Wildman–Crippen MR) is 124 cm³/mol. The standard InChI is InChI=1S/C24H46O11/c1-3-5-7-8-10-15(9-6-4-2)11-23(22(32)20(30)18(28)16(12-25)33-23)35-24(14-27)21(31)19(29)17(13-26)34-24/h15-22,25-32H,3-14H2,1-2H3/t15?,16-,17-,18-,19-,20+,21+,22-,23+,24?/m1/s1. The van der Waals surface area contributed by atoms with Gasteiger partial charge in [-0.15, -0.1) is 0 Å². The molecule has 208 valence electrons. The van der Waals surface area contributed by atoms with Crippen molar-refractivity contribution in [2.75, 3.05) is 19.8 Å². The average molecular weight is 511 g/mol. The Labute approximate surface area is 207 Å². The van der Waals surface area contributed by atoms with Gasteiger partial charge < -0.3 is 55.1 Å². The van der Waals surface area contributed by atoms with Crippen LogP contribution in [0.2, 0.25) is 0 Å². The zero-order chi connectivity index (χ0) is 26.2. The Morgan fingerprint density at radius 2 is 1.23 bits per heavy atom. The fraction of sp³-hybridized carbons (Fsp3) is 1.00. The summed E-state index contributed by atoms with van der Waals surface area (Å²) in [6.45, 7) is 1.84. The van der Waals surface area contributed by atoms with Gasteiger partial charge in [0, 0.05) is 6.42 Å². The second-order valence-electron chi connectivity index (χ2n) is 9.98. The van der Waals surface area contributed by atoms with Crippen molar-refractivity contribution in [1.29, 1.82) is 0 Å². The lowest BCUT2D eigenvalue weighted by Crippen LogP contribution is -2.69. The molecule has 0 saturated carbocycles. The van der Waals surface area contributed by atoms with Gasteiger partial charge in [-0.1, -0.05) is 65.2 Å². The Balaban J connectivity index is 2.43. The number of aliphatic hydroxyl groups excluding tert-OH is 8. The number of hydrogen-bond donors (Lipinski definition) is 8. The molecule has 8 N–H and O–H groups in total. The molecule has 2 unspecified atom stereocenters. The van der Waals surface area contributed by atoms with Gasteiger partial charge in [-0.3, -0.25) is 0 Å². The van der Waals surface area contributed by atoms with E-state index in [-0.39, 0.29) is 12.3 Å². The first-order valence-corrected chi connectivity index (χ1v) is 12.9. The molecule has 0 amide bonds. The maximum absolute atomic E-state index is 11.1. The van der Waals surface area contributed by atoms with Gasteiger partial charge in [0.1, 0.15) is 49.3 Å². The summed E-state index contributed by atoms with van der Waals surface area (Å²) in [6, 6.07) is 0. The number of ether oxygens (including phenoxy) is 3. The second kappa shape index (κ2) is 13.9. The van der Waals surface area contributed by atoms with Gasteiger partial charge in [-0.25, -0.2) is 0 Å². The maximum atomic E-state index is 11.1. The Morgan fingerprint density at radius 3 is 1.77 bits per heavy atom. The molecule has 2 heterocycles. The summed E-state index contributed by atoms with van der Waals surface area (Å²) >= 11 is 0. The van der Waals surface area contributed by atoms with Crippen LogP contribution in [0, 0.1) is 5.92 Å². The van der Waals surface area contributed by atoms with Crippen molar-refractivity contribution in [2.45, 2.75) is 126 Å². The Hall–Kier alpha value is -0.440. The predicted octanol–water partition coefficient (Wildman–Crippen LogP) is -0.858. The monoisotopic (exact) mass is 510 g/mol. The first-order valence-electron chi connectivity index (χ1n) is 12.9. The van der Waals surface area contributed by atoms with Crippen LogP contribution in [0.25, 0.3) is 0 Å². The lowest BCUT2D eigenvalue weighted by atomic mass is 9.82. The summed E-state index contributed by atoms with van der Waals surface area (Å²) in [4.78, 5) is 0. The molecule has 0 radical (unpaired) electrons. The van der Waals surface area contributed by atoms with Crippen LogP contribution in [0.5, 0.6) is 0 Å². The van der Waals surface area contributed by atoms with Crippen LogP contribution in [-0.4, -0.2) is 115 Å². The van der Waals surface area contributed by atoms with Crippen LogP contribution >= 0.6 is 0 Å². The van der Waals surface area contributed by atoms with Crippen LogP contribution in [0.3, 0.4) is 0 Å². The summed E-state index contributed by atoms with van der Waals surface area (Å²) < 4.78 is 17.5. The lowest BCUT2D eigenvalue weighted by molar-refractivity contribution is -0.437. The van der Waals surface area contributed by atoms with E-state index in [9.17, 15) is 40.9 Å². The Kier molecular flexibility index (Phi) is 12.2. The molecular formula is C24H46O11. The fourth-order valence-electron chi connectivity index (χ4n) is 5.15. The summed E-state index contributed by atoms with van der Waals surface area (Å²) in [5.74, 6) is -4.44. The molecule has 2 rings (SSSR count). The quantitative estimate of drug-likeness (QED) is 0.128. The molecule has 0 aromatic heterocycles. The maximum Gasteiger partial charge on any atom is 0.224 e. The summed E-state index contributed by atoms with van der Waals surface area (Å²) in [5, 5.41) is 82.6. The Morgan fingerprint density at radius 1 is 0.686 bits per heavy atom. The van der Waals surface area contributed by atoms with Crippen molar-refractivity contribution in [2.24, 2.45) is 5.92 Å². The third-order valence-electron chi connectivity index (χ3n) is 7.29. The van der Waals surface area contributed by atoms with E-state index in [2.05, 4.69) is 6.92 Å². The molecule has 0 aromatic carbocycles. The number of hydrogen-bond acceptors (Lipinski definition) is 11. The van der Waals surface area contributed by atoms with Crippen LogP contribution in [-0.2, 0) is 14.2 Å². The SMILES string of the molecule is CCCCCCC(CCCC)C[C@@]1(OC2(CO)O[C@H](CO)[C@@H](O)[C@@H]2O)O[C@H](CO)[C@@H](O)[C@H](O)[C@H]1O. The molecule has 35 heavy (non-hydrogen) atoms. The highest BCUT2D eigenvalue weighted by molar-refractivity contribution is 5.03. The molecule has 2 saturated heterocycles. The van der Waals surface area contributed by atoms with Crippen molar-refractivity contribution in [3.8, 4) is 0 Å². The third kappa shape index (κ3) is 6.91. The van der Waals surface area contributed by atoms with Gasteiger partial charge >= 0.3 is 0 Å². The minimum absolute atomic E-state index is 0.0122. The van der Waals surface area contributed by atoms with Crippen LogP contribution in [0.15, 0.2) is 0 Å². The van der Waals surface area contributed by atoms with Gasteiger partial charge in [0.05, 0.1) is 13.2 Å². The first kappa shape index (κ1) is 30.8. The summed E-state index contributed by atoms with van der Waals surface area (Å²) in [5.41, 5.74) is 0. The fourth-order valence-corrected chi connectivity index (χ4v) is 5.15. The zero-order valence-corrected chi connectivity index (χ0v) is 20.9. The van der Waals surface area contributed by atoms with E-state index in [1.807, 2.05) is 6.92 Å². The molecule has 2 aliphatic rings. The molecule has 10 atom stereocenters. The number of unbranched alkanes of at least 4 members (excludes halogenated alkanes) is 4.